The Morgan fingerprint density at radius 3 is 2.51 bits per heavy atom. The van der Waals surface area contributed by atoms with E-state index in [9.17, 15) is 28.8 Å². The number of nitrogens with one attached hydrogen (secondary N) is 1. The number of hydrogen-bond acceptors (Lipinski definition) is 17. The van der Waals surface area contributed by atoms with E-state index in [0.29, 0.717) is 11.2 Å². The molecule has 7 rings (SSSR count). The van der Waals surface area contributed by atoms with Crippen LogP contribution < -0.4 is 17.0 Å². The zero-order chi connectivity index (χ0) is 31.7. The maximum absolute atomic E-state index is 13.2. The standard InChI is InChI=1S/C21H26N10O12P2/c22-16-12-17(25-4-24-16)30(5-26-12)11-1-8-9(41-11)2-40-45(36,37)43-15-14(32)10(3-39-44(34,35)7-38-8)42-20(15)31-6-27-13-18(31)28-21(23)29-19(13)33/h4-6,8-11,14-15,20,32H,1-3,7H2,(H,34,35)(H,36,37)(H2,22,24,25)(H3,23,28,29,33)/t8?,9-,10-,11-,14?,15?,20-/m1/s1. The number of nitrogens with two attached hydrogens (primary N) is 2. The second kappa shape index (κ2) is 11.1. The summed E-state index contributed by atoms with van der Waals surface area (Å²) in [7, 11) is -9.45. The summed E-state index contributed by atoms with van der Waals surface area (Å²) in [4.78, 5) is 56.2. The minimum absolute atomic E-state index is 0.0814. The smallest absolute Gasteiger partial charge is 0.387 e. The zero-order valence-corrected chi connectivity index (χ0v) is 24.6. The molecule has 5 unspecified atom stereocenters. The van der Waals surface area contributed by atoms with Crippen molar-refractivity contribution >= 4 is 49.5 Å². The summed E-state index contributed by atoms with van der Waals surface area (Å²) in [6.07, 6.45) is -5.90. The zero-order valence-electron chi connectivity index (χ0n) is 22.8. The van der Waals surface area contributed by atoms with Gasteiger partial charge >= 0.3 is 15.4 Å². The number of nitrogen functional groups attached to an aromatic ring is 2. The number of aliphatic hydroxyl groups is 1. The molecular formula is C21H26N10O12P2. The molecule has 3 aliphatic rings. The molecule has 3 fully saturated rings. The first-order valence-electron chi connectivity index (χ1n) is 13.3. The third-order valence-corrected chi connectivity index (χ3v) is 9.48. The van der Waals surface area contributed by atoms with Gasteiger partial charge in [-0.2, -0.15) is 4.98 Å². The third-order valence-electron chi connectivity index (χ3n) is 7.46. The molecule has 4 aromatic heterocycles. The van der Waals surface area contributed by atoms with E-state index in [4.69, 9.17) is 39.2 Å². The van der Waals surface area contributed by atoms with Crippen molar-refractivity contribution in [3.63, 3.8) is 0 Å². The number of imidazole rings is 2. The van der Waals surface area contributed by atoms with Crippen molar-refractivity contribution in [3.05, 3.63) is 29.3 Å². The second-order valence-corrected chi connectivity index (χ2v) is 13.6. The number of ether oxygens (including phenoxy) is 3. The highest BCUT2D eigenvalue weighted by Crippen LogP contribution is 2.51. The monoisotopic (exact) mass is 672 g/mol. The Kier molecular flexibility index (Phi) is 7.49. The molecule has 4 aromatic rings. The Hall–Kier alpha value is -3.40. The van der Waals surface area contributed by atoms with E-state index < -0.39 is 83.5 Å². The third kappa shape index (κ3) is 5.64. The van der Waals surface area contributed by atoms with Crippen LogP contribution in [0.4, 0.5) is 11.8 Å². The fourth-order valence-electron chi connectivity index (χ4n) is 5.37. The van der Waals surface area contributed by atoms with Gasteiger partial charge < -0.3 is 45.1 Å². The Bertz CT molecular complexity index is 1920. The van der Waals surface area contributed by atoms with Gasteiger partial charge in [-0.05, 0) is 0 Å². The van der Waals surface area contributed by atoms with Gasteiger partial charge in [0.1, 0.15) is 48.8 Å². The fourth-order valence-corrected chi connectivity index (χ4v) is 7.14. The number of hydrogen-bond donors (Lipinski definition) is 6. The maximum Gasteiger partial charge on any atom is 0.472 e. The summed E-state index contributed by atoms with van der Waals surface area (Å²) < 4.78 is 62.3. The van der Waals surface area contributed by atoms with Gasteiger partial charge in [0.2, 0.25) is 5.95 Å². The minimum atomic E-state index is -4.99. The molecular weight excluding hydrogens is 646 g/mol. The van der Waals surface area contributed by atoms with Gasteiger partial charge in [-0.3, -0.25) is 32.5 Å². The highest BCUT2D eigenvalue weighted by atomic mass is 31.2. The predicted molar refractivity (Wildman–Crippen MR) is 147 cm³/mol. The summed E-state index contributed by atoms with van der Waals surface area (Å²) in [6.45, 7) is -1.25. The van der Waals surface area contributed by atoms with E-state index in [2.05, 4.69) is 29.9 Å². The lowest BCUT2D eigenvalue weighted by Gasteiger charge is -2.26. The van der Waals surface area contributed by atoms with Gasteiger partial charge in [0.15, 0.2) is 28.9 Å². The molecule has 0 aliphatic carbocycles. The summed E-state index contributed by atoms with van der Waals surface area (Å²) in [5.41, 5.74) is 11.3. The quantitative estimate of drug-likeness (QED) is 0.135. The Balaban J connectivity index is 1.18. The van der Waals surface area contributed by atoms with Crippen molar-refractivity contribution in [2.24, 2.45) is 0 Å². The van der Waals surface area contributed by atoms with Crippen LogP contribution in [0.25, 0.3) is 22.3 Å². The number of phosphoric ester groups is 1. The SMILES string of the molecule is Nc1nc2c(ncn2[C@@H]2O[C@@H]3COP(=O)(O)COC4C[C@H](n5cnc6c(N)ncnc65)O[C@@H]4COP(=O)(O)OC2C3O)c(=O)[nH]1. The van der Waals surface area contributed by atoms with Crippen molar-refractivity contribution < 1.29 is 51.8 Å². The molecule has 3 saturated heterocycles. The van der Waals surface area contributed by atoms with Crippen molar-refractivity contribution in [1.82, 2.24) is 39.0 Å². The molecule has 0 radical (unpaired) electrons. The Morgan fingerprint density at radius 2 is 1.69 bits per heavy atom. The van der Waals surface area contributed by atoms with Crippen LogP contribution in [0.15, 0.2) is 23.8 Å². The normalized spacial score (nSPS) is 36.3. The first-order valence-corrected chi connectivity index (χ1v) is 16.5. The first kappa shape index (κ1) is 30.3. The van der Waals surface area contributed by atoms with E-state index >= 15 is 0 Å². The number of fused-ring (bicyclic) bond motifs is 5. The van der Waals surface area contributed by atoms with E-state index in [1.165, 1.54) is 12.7 Å². The molecule has 45 heavy (non-hydrogen) atoms. The molecule has 2 bridgehead atoms. The number of nitrogens with zero attached hydrogens (tertiary/aromatic N) is 7. The van der Waals surface area contributed by atoms with Crippen molar-refractivity contribution in [2.45, 2.75) is 49.4 Å². The van der Waals surface area contributed by atoms with Crippen LogP contribution in [0.3, 0.4) is 0 Å². The number of aromatic amines is 1. The molecule has 24 heteroatoms. The van der Waals surface area contributed by atoms with Gasteiger partial charge in [0.05, 0.1) is 32.0 Å². The first-order chi connectivity index (χ1) is 21.4. The number of H-pyrrole nitrogens is 1. The number of aromatic nitrogens is 8. The average molecular weight is 672 g/mol. The summed E-state index contributed by atoms with van der Waals surface area (Å²) >= 11 is 0. The Labute approximate surface area is 250 Å². The van der Waals surface area contributed by atoms with Gasteiger partial charge in [-0.1, -0.05) is 0 Å². The van der Waals surface area contributed by atoms with Crippen LogP contribution in [-0.4, -0.2) is 104 Å². The van der Waals surface area contributed by atoms with Crippen LogP contribution in [0.2, 0.25) is 0 Å². The van der Waals surface area contributed by atoms with Gasteiger partial charge in [-0.25, -0.2) is 24.5 Å². The minimum Gasteiger partial charge on any atom is -0.387 e. The van der Waals surface area contributed by atoms with E-state index in [1.807, 2.05) is 0 Å². The summed E-state index contributed by atoms with van der Waals surface area (Å²) in [5.74, 6) is -0.120. The van der Waals surface area contributed by atoms with Crippen LogP contribution in [0.1, 0.15) is 18.9 Å². The van der Waals surface area contributed by atoms with Crippen molar-refractivity contribution in [2.75, 3.05) is 31.0 Å². The van der Waals surface area contributed by atoms with Gasteiger partial charge in [0, 0.05) is 6.42 Å². The van der Waals surface area contributed by atoms with E-state index in [0.717, 1.165) is 10.9 Å². The lowest BCUT2D eigenvalue weighted by atomic mass is 10.1. The second-order valence-electron chi connectivity index (χ2n) is 10.4. The summed E-state index contributed by atoms with van der Waals surface area (Å²) in [5, 5.41) is 11.0. The van der Waals surface area contributed by atoms with Crippen LogP contribution in [0.5, 0.6) is 0 Å². The van der Waals surface area contributed by atoms with Crippen molar-refractivity contribution in [3.8, 4) is 0 Å². The molecule has 7 heterocycles. The molecule has 0 spiro atoms. The average Bonchev–Trinajstić information content (AvgIpc) is 3.75. The van der Waals surface area contributed by atoms with Gasteiger partial charge in [-0.15, -0.1) is 0 Å². The molecule has 0 amide bonds. The maximum atomic E-state index is 13.2. The fraction of sp³-hybridized carbons (Fsp3) is 0.524. The molecule has 8 N–H and O–H groups in total. The number of phosphoric acid groups is 1. The lowest BCUT2D eigenvalue weighted by Crippen LogP contribution is -2.36. The van der Waals surface area contributed by atoms with E-state index in [-0.39, 0.29) is 29.4 Å². The van der Waals surface area contributed by atoms with Crippen LogP contribution >= 0.6 is 15.4 Å². The summed E-state index contributed by atoms with van der Waals surface area (Å²) in [6, 6.07) is 0. The predicted octanol–water partition coefficient (Wildman–Crippen LogP) is -1.27. The number of aliphatic hydroxyl groups excluding tert-OH is 1. The molecule has 22 nitrogen and oxygen atoms in total. The van der Waals surface area contributed by atoms with Crippen LogP contribution in [-0.2, 0) is 36.9 Å². The number of rotatable bonds is 2. The number of anilines is 2. The highest BCUT2D eigenvalue weighted by Gasteiger charge is 2.51. The van der Waals surface area contributed by atoms with Gasteiger partial charge in [0.25, 0.3) is 5.56 Å². The molecule has 0 aromatic carbocycles. The topological polar surface area (TPSA) is 309 Å². The molecule has 0 saturated carbocycles. The van der Waals surface area contributed by atoms with Crippen molar-refractivity contribution in [1.29, 1.82) is 0 Å². The van der Waals surface area contributed by atoms with E-state index in [1.54, 1.807) is 4.57 Å². The lowest BCUT2D eigenvalue weighted by molar-refractivity contribution is -0.0630. The molecule has 242 valence electrons. The largest absolute Gasteiger partial charge is 0.472 e. The Morgan fingerprint density at radius 1 is 0.933 bits per heavy atom. The van der Waals surface area contributed by atoms with Crippen LogP contribution in [0, 0.1) is 0 Å². The highest BCUT2D eigenvalue weighted by molar-refractivity contribution is 7.52. The molecule has 3 aliphatic heterocycles. The molecule has 9 atom stereocenters.